The van der Waals surface area contributed by atoms with E-state index in [2.05, 4.69) is 17.5 Å². The number of hydrogen-bond donors (Lipinski definition) is 2. The summed E-state index contributed by atoms with van der Waals surface area (Å²) in [7, 11) is 1.63. The first-order valence-electron chi connectivity index (χ1n) is 9.38. The van der Waals surface area contributed by atoms with Crippen LogP contribution in [0.2, 0.25) is 0 Å². The third-order valence-corrected chi connectivity index (χ3v) is 7.85. The molecule has 1 unspecified atom stereocenters. The van der Waals surface area contributed by atoms with Gasteiger partial charge in [-0.2, -0.15) is 5.26 Å². The molecule has 0 saturated carbocycles. The molecule has 1 aliphatic heterocycles. The Balaban J connectivity index is 1.74. The number of nitrogens with one attached hydrogen (secondary N) is 2. The van der Waals surface area contributed by atoms with Gasteiger partial charge in [-0.3, -0.25) is 15.1 Å². The van der Waals surface area contributed by atoms with Gasteiger partial charge in [0.25, 0.3) is 0 Å². The molecule has 0 aliphatic carbocycles. The van der Waals surface area contributed by atoms with Crippen molar-refractivity contribution in [1.29, 1.82) is 10.7 Å². The summed E-state index contributed by atoms with van der Waals surface area (Å²) in [6, 6.07) is 21.6. The van der Waals surface area contributed by atoms with Crippen molar-refractivity contribution in [2.24, 2.45) is 0 Å². The van der Waals surface area contributed by atoms with Gasteiger partial charge < -0.3 is 5.32 Å². The highest BCUT2D eigenvalue weighted by molar-refractivity contribution is 8.00. The maximum Gasteiger partial charge on any atom is 0.245 e. The molecule has 30 heavy (non-hydrogen) atoms. The summed E-state index contributed by atoms with van der Waals surface area (Å²) in [5, 5.41) is 22.3. The van der Waals surface area contributed by atoms with Gasteiger partial charge in [0, 0.05) is 16.8 Å². The van der Waals surface area contributed by atoms with Crippen molar-refractivity contribution in [1.82, 2.24) is 10.2 Å². The molecule has 2 N–H and O–H groups in total. The number of guanidine groups is 1. The molecule has 2 aromatic carbocycles. The van der Waals surface area contributed by atoms with Crippen molar-refractivity contribution >= 4 is 35.0 Å². The Morgan fingerprint density at radius 2 is 1.93 bits per heavy atom. The zero-order valence-electron chi connectivity index (χ0n) is 16.5. The molecule has 0 spiro atoms. The first kappa shape index (κ1) is 20.2. The van der Waals surface area contributed by atoms with Crippen molar-refractivity contribution in [3.8, 4) is 17.2 Å². The quantitative estimate of drug-likeness (QED) is 0.628. The Labute approximate surface area is 183 Å². The number of carbonyl (C=O) groups is 1. The second kappa shape index (κ2) is 7.98. The summed E-state index contributed by atoms with van der Waals surface area (Å²) in [6.45, 7) is 1.98. The minimum atomic E-state index is -0.739. The number of nitrogens with zero attached hydrogens (tertiary/aromatic N) is 2. The molecule has 1 fully saturated rings. The fourth-order valence-electron chi connectivity index (χ4n) is 3.45. The SMILES string of the molecule is CN1C(=N)N[C@](C)(c2cc(-c3cccc(C#N)c3)cs2)C(Sc2ccccc2)C1=O. The molecular formula is C23H20N4OS2. The van der Waals surface area contributed by atoms with Gasteiger partial charge >= 0.3 is 0 Å². The molecule has 3 aromatic rings. The van der Waals surface area contributed by atoms with Gasteiger partial charge in [0.15, 0.2) is 5.96 Å². The largest absolute Gasteiger partial charge is 0.344 e. The van der Waals surface area contributed by atoms with Gasteiger partial charge in [0.1, 0.15) is 5.25 Å². The molecule has 1 aromatic heterocycles. The van der Waals surface area contributed by atoms with Crippen LogP contribution >= 0.6 is 23.1 Å². The van der Waals surface area contributed by atoms with Gasteiger partial charge in [-0.25, -0.2) is 0 Å². The number of amides is 1. The average Bonchev–Trinajstić information content (AvgIpc) is 3.27. The molecular weight excluding hydrogens is 412 g/mol. The van der Waals surface area contributed by atoms with Crippen LogP contribution in [0.25, 0.3) is 11.1 Å². The number of benzene rings is 2. The number of nitriles is 1. The van der Waals surface area contributed by atoms with Gasteiger partial charge in [0.05, 0.1) is 17.2 Å². The zero-order valence-corrected chi connectivity index (χ0v) is 18.2. The molecule has 4 rings (SSSR count). The first-order valence-corrected chi connectivity index (χ1v) is 11.1. The van der Waals surface area contributed by atoms with E-state index in [4.69, 9.17) is 5.41 Å². The van der Waals surface area contributed by atoms with Crippen molar-refractivity contribution in [3.63, 3.8) is 0 Å². The van der Waals surface area contributed by atoms with Crippen molar-refractivity contribution in [3.05, 3.63) is 76.5 Å². The average molecular weight is 433 g/mol. The monoisotopic (exact) mass is 432 g/mol. The lowest BCUT2D eigenvalue weighted by molar-refractivity contribution is -0.128. The molecule has 2 heterocycles. The van der Waals surface area contributed by atoms with Crippen molar-refractivity contribution < 1.29 is 4.79 Å². The van der Waals surface area contributed by atoms with E-state index in [0.717, 1.165) is 20.9 Å². The highest BCUT2D eigenvalue weighted by atomic mass is 32.2. The lowest BCUT2D eigenvalue weighted by Crippen LogP contribution is -2.65. The maximum atomic E-state index is 13.2. The van der Waals surface area contributed by atoms with E-state index in [9.17, 15) is 10.1 Å². The van der Waals surface area contributed by atoms with Crippen LogP contribution in [0, 0.1) is 16.7 Å². The number of carbonyl (C=O) groups excluding carboxylic acids is 1. The second-order valence-corrected chi connectivity index (χ2v) is 9.37. The predicted octanol–water partition coefficient (Wildman–Crippen LogP) is 4.66. The van der Waals surface area contributed by atoms with E-state index >= 15 is 0 Å². The highest BCUT2D eigenvalue weighted by Crippen LogP contribution is 2.43. The van der Waals surface area contributed by atoms with Crippen LogP contribution < -0.4 is 5.32 Å². The van der Waals surface area contributed by atoms with Crippen molar-refractivity contribution in [2.75, 3.05) is 7.05 Å². The van der Waals surface area contributed by atoms with Crippen LogP contribution in [0.1, 0.15) is 17.4 Å². The maximum absolute atomic E-state index is 13.2. The van der Waals surface area contributed by atoms with Crippen molar-refractivity contribution in [2.45, 2.75) is 22.6 Å². The lowest BCUT2D eigenvalue weighted by Gasteiger charge is -2.44. The number of thiophene rings is 1. The van der Waals surface area contributed by atoms with Gasteiger partial charge in [-0.05, 0) is 53.8 Å². The van der Waals surface area contributed by atoms with Gasteiger partial charge in [-0.1, -0.05) is 30.3 Å². The topological polar surface area (TPSA) is 80.0 Å². The van der Waals surface area contributed by atoms with Crippen LogP contribution in [-0.4, -0.2) is 29.1 Å². The van der Waals surface area contributed by atoms with Gasteiger partial charge in [0.2, 0.25) is 5.91 Å². The Hall–Kier alpha value is -3.08. The molecule has 7 heteroatoms. The van der Waals surface area contributed by atoms with Crippen LogP contribution in [0.3, 0.4) is 0 Å². The predicted molar refractivity (Wildman–Crippen MR) is 122 cm³/mol. The van der Waals surface area contributed by atoms with Crippen LogP contribution in [-0.2, 0) is 10.3 Å². The van der Waals surface area contributed by atoms with E-state index in [1.807, 2.05) is 60.8 Å². The Bertz CT molecular complexity index is 1150. The van der Waals surface area contributed by atoms with Crippen LogP contribution in [0.4, 0.5) is 0 Å². The standard InChI is InChI=1S/C23H20N4OS2/c1-23(19-12-17(14-29-19)16-8-6-7-15(11-16)13-24)20(21(28)27(2)22(25)26-23)30-18-9-4-3-5-10-18/h3-12,14,20H,1-2H3,(H2,25,26)/t20?,23-/m1/s1. The number of rotatable bonds is 4. The van der Waals surface area contributed by atoms with E-state index < -0.39 is 10.8 Å². The number of hydrogen-bond acceptors (Lipinski definition) is 5. The minimum absolute atomic E-state index is 0.0915. The summed E-state index contributed by atoms with van der Waals surface area (Å²) >= 11 is 3.06. The summed E-state index contributed by atoms with van der Waals surface area (Å²) in [5.41, 5.74) is 1.83. The van der Waals surface area contributed by atoms with Crippen LogP contribution in [0.5, 0.6) is 0 Å². The van der Waals surface area contributed by atoms with E-state index in [1.165, 1.54) is 16.7 Å². The van der Waals surface area contributed by atoms with Gasteiger partial charge in [-0.15, -0.1) is 23.1 Å². The Morgan fingerprint density at radius 3 is 2.67 bits per heavy atom. The Kier molecular flexibility index (Phi) is 5.37. The third kappa shape index (κ3) is 3.60. The summed E-state index contributed by atoms with van der Waals surface area (Å²) in [4.78, 5) is 16.5. The molecule has 1 aliphatic rings. The fourth-order valence-corrected chi connectivity index (χ4v) is 5.86. The molecule has 1 saturated heterocycles. The summed E-state index contributed by atoms with van der Waals surface area (Å²) in [6.07, 6.45) is 0. The number of thioether (sulfide) groups is 1. The molecule has 0 bridgehead atoms. The minimum Gasteiger partial charge on any atom is -0.344 e. The molecule has 150 valence electrons. The lowest BCUT2D eigenvalue weighted by atomic mass is 9.91. The first-order chi connectivity index (χ1) is 14.4. The zero-order chi connectivity index (χ0) is 21.3. The van der Waals surface area contributed by atoms with E-state index in [-0.39, 0.29) is 11.9 Å². The molecule has 1 amide bonds. The van der Waals surface area contributed by atoms with Crippen LogP contribution in [0.15, 0.2) is 70.9 Å². The normalized spacial score (nSPS) is 21.2. The third-order valence-electron chi connectivity index (χ3n) is 5.23. The second-order valence-electron chi connectivity index (χ2n) is 7.28. The highest BCUT2D eigenvalue weighted by Gasteiger charge is 2.49. The summed E-state index contributed by atoms with van der Waals surface area (Å²) in [5.74, 6) is -0.00892. The Morgan fingerprint density at radius 1 is 1.17 bits per heavy atom. The molecule has 5 nitrogen and oxygen atoms in total. The smallest absolute Gasteiger partial charge is 0.245 e. The van der Waals surface area contributed by atoms with E-state index in [1.54, 1.807) is 24.5 Å². The fraction of sp³-hybridized carbons (Fsp3) is 0.174. The van der Waals surface area contributed by atoms with E-state index in [0.29, 0.717) is 5.56 Å². The molecule has 2 atom stereocenters. The molecule has 0 radical (unpaired) electrons. The summed E-state index contributed by atoms with van der Waals surface area (Å²) < 4.78 is 0.